The van der Waals surface area contributed by atoms with Crippen molar-refractivity contribution in [2.24, 2.45) is 0 Å². The predicted molar refractivity (Wildman–Crippen MR) is 49.2 cm³/mol. The van der Waals surface area contributed by atoms with Gasteiger partial charge in [-0.05, 0) is 11.2 Å². The van der Waals surface area contributed by atoms with Crippen molar-refractivity contribution in [2.45, 2.75) is 23.6 Å². The van der Waals surface area contributed by atoms with Gasteiger partial charge in [-0.3, -0.25) is 0 Å². The Morgan fingerprint density at radius 2 is 2.07 bits per heavy atom. The third-order valence-corrected chi connectivity index (χ3v) is 3.87. The van der Waals surface area contributed by atoms with Gasteiger partial charge in [-0.1, -0.05) is 0 Å². The second kappa shape index (κ2) is 4.12. The standard InChI is InChI=1S/C7H11NO6S/c1-15(11)5-3-13-6-4(14-8(9)10)2-12-7(5)6/h4-7H,2-3H2,1H3/t4-,5+,6-,7-,15-/m1/s1. The maximum Gasteiger partial charge on any atom is 0.294 e. The number of ether oxygens (including phenoxy) is 2. The second-order valence-corrected chi connectivity index (χ2v) is 5.10. The third-order valence-electron chi connectivity index (χ3n) is 2.61. The first kappa shape index (κ1) is 10.9. The molecule has 0 aromatic carbocycles. The van der Waals surface area contributed by atoms with Gasteiger partial charge in [0.15, 0.2) is 11.4 Å². The molecule has 0 spiro atoms. The molecule has 2 saturated heterocycles. The predicted octanol–water partition coefficient (Wildman–Crippen LogP) is -0.892. The largest absolute Gasteiger partial charge is 0.616 e. The summed E-state index contributed by atoms with van der Waals surface area (Å²) in [5.74, 6) is 0. The Balaban J connectivity index is 1.99. The molecule has 2 heterocycles. The van der Waals surface area contributed by atoms with Gasteiger partial charge in [0, 0.05) is 0 Å². The Kier molecular flexibility index (Phi) is 3.01. The zero-order chi connectivity index (χ0) is 11.0. The molecular formula is C7H11NO6S. The van der Waals surface area contributed by atoms with Crippen molar-refractivity contribution in [3.05, 3.63) is 10.1 Å². The summed E-state index contributed by atoms with van der Waals surface area (Å²) in [5, 5.41) is 9.11. The SMILES string of the molecule is C[S@@+]([O-])[C@H]1CO[C@H]2[C@@H]1OC[C@H]2O[N+](=O)[O-]. The maximum absolute atomic E-state index is 11.3. The Hall–Kier alpha value is -0.570. The van der Waals surface area contributed by atoms with Crippen molar-refractivity contribution in [3.63, 3.8) is 0 Å². The van der Waals surface area contributed by atoms with Crippen molar-refractivity contribution in [1.82, 2.24) is 0 Å². The van der Waals surface area contributed by atoms with Gasteiger partial charge in [0.1, 0.15) is 12.2 Å². The summed E-state index contributed by atoms with van der Waals surface area (Å²) in [5.41, 5.74) is 0. The van der Waals surface area contributed by atoms with Crippen molar-refractivity contribution in [3.8, 4) is 0 Å². The Morgan fingerprint density at radius 3 is 2.67 bits per heavy atom. The number of hydrogen-bond donors (Lipinski definition) is 0. The van der Waals surface area contributed by atoms with Gasteiger partial charge in [-0.2, -0.15) is 0 Å². The summed E-state index contributed by atoms with van der Waals surface area (Å²) in [6.07, 6.45) is 0.0604. The summed E-state index contributed by atoms with van der Waals surface area (Å²) in [4.78, 5) is 14.6. The highest BCUT2D eigenvalue weighted by molar-refractivity contribution is 7.91. The summed E-state index contributed by atoms with van der Waals surface area (Å²) < 4.78 is 21.9. The van der Waals surface area contributed by atoms with E-state index in [1.54, 1.807) is 6.26 Å². The van der Waals surface area contributed by atoms with Gasteiger partial charge in [0.25, 0.3) is 5.09 Å². The zero-order valence-corrected chi connectivity index (χ0v) is 8.85. The molecule has 0 radical (unpaired) electrons. The fraction of sp³-hybridized carbons (Fsp3) is 1.00. The minimum absolute atomic E-state index is 0.115. The van der Waals surface area contributed by atoms with Crippen LogP contribution in [0.15, 0.2) is 0 Å². The van der Waals surface area contributed by atoms with Crippen LogP contribution in [0.4, 0.5) is 0 Å². The molecule has 0 N–H and O–H groups in total. The first-order valence-electron chi connectivity index (χ1n) is 4.46. The molecule has 7 nitrogen and oxygen atoms in total. The van der Waals surface area contributed by atoms with E-state index in [2.05, 4.69) is 4.84 Å². The lowest BCUT2D eigenvalue weighted by atomic mass is 10.1. The molecule has 0 bridgehead atoms. The molecule has 0 amide bonds. The van der Waals surface area contributed by atoms with Crippen LogP contribution in [0.25, 0.3) is 0 Å². The molecule has 5 atom stereocenters. The first-order valence-corrected chi connectivity index (χ1v) is 6.08. The van der Waals surface area contributed by atoms with Crippen LogP contribution in [0.2, 0.25) is 0 Å². The molecule has 0 saturated carbocycles. The Labute approximate surface area is 89.0 Å². The number of rotatable bonds is 3. The number of nitrogens with zero attached hydrogens (tertiary/aromatic N) is 1. The molecule has 2 fully saturated rings. The minimum atomic E-state index is -1.05. The van der Waals surface area contributed by atoms with E-state index >= 15 is 0 Å². The third kappa shape index (κ3) is 2.03. The van der Waals surface area contributed by atoms with E-state index < -0.39 is 28.5 Å². The molecular weight excluding hydrogens is 226 g/mol. The van der Waals surface area contributed by atoms with Gasteiger partial charge in [0.05, 0.1) is 19.5 Å². The summed E-state index contributed by atoms with van der Waals surface area (Å²) in [6.45, 7) is 0.417. The first-order chi connectivity index (χ1) is 7.09. The monoisotopic (exact) mass is 237 g/mol. The Bertz CT molecular complexity index is 262. The highest BCUT2D eigenvalue weighted by atomic mass is 32.2. The number of fused-ring (bicyclic) bond motifs is 1. The van der Waals surface area contributed by atoms with Crippen LogP contribution in [0.3, 0.4) is 0 Å². The minimum Gasteiger partial charge on any atom is -0.616 e. The highest BCUT2D eigenvalue weighted by Gasteiger charge is 2.53. The van der Waals surface area contributed by atoms with Gasteiger partial charge in [-0.15, -0.1) is 10.1 Å². The van der Waals surface area contributed by atoms with Crippen LogP contribution in [-0.2, 0) is 25.5 Å². The average Bonchev–Trinajstić information content (AvgIpc) is 2.66. The van der Waals surface area contributed by atoms with Crippen molar-refractivity contribution in [2.75, 3.05) is 19.5 Å². The van der Waals surface area contributed by atoms with Gasteiger partial charge in [0.2, 0.25) is 0 Å². The fourth-order valence-corrected chi connectivity index (χ4v) is 2.80. The number of hydrogen-bond acceptors (Lipinski definition) is 6. The normalized spacial score (nSPS) is 41.2. The lowest BCUT2D eigenvalue weighted by Gasteiger charge is -2.16. The molecule has 86 valence electrons. The van der Waals surface area contributed by atoms with E-state index in [1.165, 1.54) is 0 Å². The zero-order valence-electron chi connectivity index (χ0n) is 8.03. The van der Waals surface area contributed by atoms with E-state index in [4.69, 9.17) is 9.47 Å². The lowest BCUT2D eigenvalue weighted by molar-refractivity contribution is -0.769. The molecule has 2 aliphatic rings. The topological polar surface area (TPSA) is 93.9 Å². The van der Waals surface area contributed by atoms with Crippen molar-refractivity contribution >= 4 is 11.2 Å². The van der Waals surface area contributed by atoms with Crippen LogP contribution in [-0.4, -0.2) is 52.7 Å². The average molecular weight is 237 g/mol. The van der Waals surface area contributed by atoms with Crippen LogP contribution >= 0.6 is 0 Å². The van der Waals surface area contributed by atoms with E-state index in [-0.39, 0.29) is 18.0 Å². The van der Waals surface area contributed by atoms with Gasteiger partial charge < -0.3 is 18.9 Å². The second-order valence-electron chi connectivity index (χ2n) is 3.50. The van der Waals surface area contributed by atoms with Crippen LogP contribution in [0.5, 0.6) is 0 Å². The van der Waals surface area contributed by atoms with E-state index in [1.807, 2.05) is 0 Å². The molecule has 15 heavy (non-hydrogen) atoms. The van der Waals surface area contributed by atoms with Gasteiger partial charge in [-0.25, -0.2) is 0 Å². The quantitative estimate of drug-likeness (QED) is 0.359. The lowest BCUT2D eigenvalue weighted by Crippen LogP contribution is -2.37. The van der Waals surface area contributed by atoms with Crippen LogP contribution < -0.4 is 0 Å². The van der Waals surface area contributed by atoms with Gasteiger partial charge >= 0.3 is 0 Å². The molecule has 0 unspecified atom stereocenters. The van der Waals surface area contributed by atoms with Crippen molar-refractivity contribution < 1.29 is 24.0 Å². The van der Waals surface area contributed by atoms with E-state index in [0.29, 0.717) is 6.61 Å². The summed E-state index contributed by atoms with van der Waals surface area (Å²) in [7, 11) is 0. The van der Waals surface area contributed by atoms with E-state index in [0.717, 1.165) is 0 Å². The van der Waals surface area contributed by atoms with Crippen molar-refractivity contribution in [1.29, 1.82) is 0 Å². The molecule has 0 aliphatic carbocycles. The summed E-state index contributed by atoms with van der Waals surface area (Å²) >= 11 is -1.05. The molecule has 8 heteroatoms. The smallest absolute Gasteiger partial charge is 0.294 e. The highest BCUT2D eigenvalue weighted by Crippen LogP contribution is 2.31. The fourth-order valence-electron chi connectivity index (χ4n) is 1.91. The van der Waals surface area contributed by atoms with E-state index in [9.17, 15) is 14.7 Å². The molecule has 0 aromatic heterocycles. The molecule has 2 rings (SSSR count). The molecule has 0 aromatic rings. The Morgan fingerprint density at radius 1 is 1.40 bits per heavy atom. The maximum atomic E-state index is 11.3. The van der Waals surface area contributed by atoms with Crippen LogP contribution in [0, 0.1) is 10.1 Å². The molecule has 2 aliphatic heterocycles. The van der Waals surface area contributed by atoms with Crippen LogP contribution in [0.1, 0.15) is 0 Å². The summed E-state index contributed by atoms with van der Waals surface area (Å²) in [6, 6.07) is 0.